The Morgan fingerprint density at radius 1 is 1.10 bits per heavy atom. The molecule has 1 aromatic rings. The average molecular weight is 426 g/mol. The highest BCUT2D eigenvalue weighted by atomic mass is 35.5. The van der Waals surface area contributed by atoms with Crippen LogP contribution >= 0.6 is 11.6 Å². The smallest absolute Gasteiger partial charge is 0.253 e. The summed E-state index contributed by atoms with van der Waals surface area (Å²) >= 11 is 5.86. The Hall–Kier alpha value is -3.52. The molecule has 1 aliphatic carbocycles. The molecule has 2 aliphatic heterocycles. The van der Waals surface area contributed by atoms with Crippen LogP contribution in [0.25, 0.3) is 22.6 Å². The molecule has 8 nitrogen and oxygen atoms in total. The Bertz CT molecular complexity index is 1210. The lowest BCUT2D eigenvalue weighted by atomic mass is 10.2. The summed E-state index contributed by atoms with van der Waals surface area (Å²) in [6, 6.07) is 7.84. The van der Waals surface area contributed by atoms with Crippen molar-refractivity contribution in [2.75, 3.05) is 11.9 Å². The van der Waals surface area contributed by atoms with E-state index < -0.39 is 0 Å². The van der Waals surface area contributed by atoms with E-state index in [1.807, 2.05) is 0 Å². The quantitative estimate of drug-likeness (QED) is 0.369. The van der Waals surface area contributed by atoms with Crippen LogP contribution in [0.3, 0.4) is 0 Å². The van der Waals surface area contributed by atoms with E-state index in [-0.39, 0.29) is 46.9 Å². The molecule has 0 atom stereocenters. The molecule has 0 spiro atoms. The SMILES string of the molecule is O=C(CCCCN1C(=O)C=CC1=O)Nc1cccc2nc3cc(Cl)c(=O)cc-3oc12. The van der Waals surface area contributed by atoms with E-state index >= 15 is 0 Å². The van der Waals surface area contributed by atoms with Gasteiger partial charge >= 0.3 is 0 Å². The van der Waals surface area contributed by atoms with Crippen molar-refractivity contribution >= 4 is 46.1 Å². The first kappa shape index (κ1) is 19.8. The number of para-hydroxylation sites is 1. The first-order valence-corrected chi connectivity index (χ1v) is 9.67. The topological polar surface area (TPSA) is 110 Å². The molecule has 3 aliphatic rings. The second-order valence-corrected chi connectivity index (χ2v) is 7.19. The van der Waals surface area contributed by atoms with Gasteiger partial charge in [-0.1, -0.05) is 17.7 Å². The summed E-state index contributed by atoms with van der Waals surface area (Å²) in [7, 11) is 0. The summed E-state index contributed by atoms with van der Waals surface area (Å²) in [5, 5.41) is 2.84. The maximum absolute atomic E-state index is 12.3. The van der Waals surface area contributed by atoms with Crippen LogP contribution in [0.4, 0.5) is 5.69 Å². The second-order valence-electron chi connectivity index (χ2n) is 6.78. The van der Waals surface area contributed by atoms with Crippen molar-refractivity contribution in [3.63, 3.8) is 0 Å². The molecule has 0 saturated heterocycles. The highest BCUT2D eigenvalue weighted by Crippen LogP contribution is 2.30. The summed E-state index contributed by atoms with van der Waals surface area (Å²) in [5.41, 5.74) is 1.35. The molecule has 0 aromatic heterocycles. The third kappa shape index (κ3) is 3.95. The third-order valence-electron chi connectivity index (χ3n) is 4.67. The molecule has 1 aromatic carbocycles. The molecule has 0 fully saturated rings. The number of fused-ring (bicyclic) bond motifs is 2. The van der Waals surface area contributed by atoms with Gasteiger partial charge < -0.3 is 9.73 Å². The van der Waals surface area contributed by atoms with Crippen LogP contribution in [0.5, 0.6) is 0 Å². The zero-order valence-corrected chi connectivity index (χ0v) is 16.4. The van der Waals surface area contributed by atoms with Gasteiger partial charge in [-0.15, -0.1) is 0 Å². The normalized spacial score (nSPS) is 13.6. The number of rotatable bonds is 6. The fraction of sp³-hybridized carbons (Fsp3) is 0.190. The van der Waals surface area contributed by atoms with Gasteiger partial charge in [0.1, 0.15) is 11.2 Å². The van der Waals surface area contributed by atoms with E-state index in [0.717, 1.165) is 4.90 Å². The molecule has 30 heavy (non-hydrogen) atoms. The molecule has 0 radical (unpaired) electrons. The van der Waals surface area contributed by atoms with Gasteiger partial charge in [0.25, 0.3) is 11.8 Å². The maximum atomic E-state index is 12.3. The summed E-state index contributed by atoms with van der Waals surface area (Å²) in [4.78, 5) is 52.7. The largest absolute Gasteiger partial charge is 0.450 e. The zero-order valence-electron chi connectivity index (χ0n) is 15.7. The van der Waals surface area contributed by atoms with E-state index in [4.69, 9.17) is 16.0 Å². The molecule has 0 saturated carbocycles. The number of halogens is 1. The maximum Gasteiger partial charge on any atom is 0.253 e. The molecule has 0 unspecified atom stereocenters. The number of hydrogen-bond donors (Lipinski definition) is 1. The second kappa shape index (κ2) is 8.08. The van der Waals surface area contributed by atoms with E-state index in [1.165, 1.54) is 24.3 Å². The van der Waals surface area contributed by atoms with Gasteiger partial charge in [0, 0.05) is 31.2 Å². The van der Waals surface area contributed by atoms with Crippen molar-refractivity contribution in [1.82, 2.24) is 9.88 Å². The van der Waals surface area contributed by atoms with Crippen LogP contribution in [-0.2, 0) is 14.4 Å². The summed E-state index contributed by atoms with van der Waals surface area (Å²) in [5.74, 6) is -0.629. The Kier molecular flexibility index (Phi) is 5.33. The number of amides is 3. The predicted octanol–water partition coefficient (Wildman–Crippen LogP) is 2.98. The van der Waals surface area contributed by atoms with Crippen molar-refractivity contribution < 1.29 is 18.8 Å². The number of nitrogens with one attached hydrogen (secondary N) is 1. The minimum absolute atomic E-state index is 0.0575. The van der Waals surface area contributed by atoms with Gasteiger partial charge in [-0.25, -0.2) is 4.98 Å². The molecule has 9 heteroatoms. The number of nitrogens with zero attached hydrogens (tertiary/aromatic N) is 2. The van der Waals surface area contributed by atoms with Gasteiger partial charge in [0.2, 0.25) is 11.3 Å². The molecule has 152 valence electrons. The summed E-state index contributed by atoms with van der Waals surface area (Å²) < 4.78 is 5.81. The molecule has 2 heterocycles. The third-order valence-corrected chi connectivity index (χ3v) is 4.97. The van der Waals surface area contributed by atoms with Crippen LogP contribution in [0.2, 0.25) is 5.02 Å². The highest BCUT2D eigenvalue weighted by molar-refractivity contribution is 6.30. The van der Waals surface area contributed by atoms with Crippen molar-refractivity contribution in [2.45, 2.75) is 19.3 Å². The number of hydrogen-bond acceptors (Lipinski definition) is 6. The average Bonchev–Trinajstić information content (AvgIpc) is 3.03. The van der Waals surface area contributed by atoms with Crippen LogP contribution in [0.15, 0.2) is 51.7 Å². The molecule has 3 amide bonds. The highest BCUT2D eigenvalue weighted by Gasteiger charge is 2.22. The van der Waals surface area contributed by atoms with E-state index in [1.54, 1.807) is 18.2 Å². The number of unbranched alkanes of at least 4 members (excludes halogenated alkanes) is 1. The van der Waals surface area contributed by atoms with Gasteiger partial charge in [0.05, 0.1) is 10.7 Å². The summed E-state index contributed by atoms with van der Waals surface area (Å²) in [6.07, 6.45) is 3.71. The molecule has 1 N–H and O–H groups in total. The first-order chi connectivity index (χ1) is 14.4. The lowest BCUT2D eigenvalue weighted by molar-refractivity contribution is -0.136. The van der Waals surface area contributed by atoms with E-state index in [0.29, 0.717) is 35.3 Å². The first-order valence-electron chi connectivity index (χ1n) is 9.29. The monoisotopic (exact) mass is 425 g/mol. The van der Waals surface area contributed by atoms with Crippen LogP contribution in [-0.4, -0.2) is 34.2 Å². The number of carbonyl (C=O) groups is 3. The van der Waals surface area contributed by atoms with Gasteiger partial charge in [-0.2, -0.15) is 0 Å². The lowest BCUT2D eigenvalue weighted by Gasteiger charge is -2.13. The number of carbonyl (C=O) groups excluding carboxylic acids is 3. The standard InChI is InChI=1S/C21H16ClN3O5/c22-12-10-15-17(11-16(12)26)30-21-13(23-15)4-3-5-14(21)24-18(27)6-1-2-9-25-19(28)7-8-20(25)29/h3-5,7-8,10-11H,1-2,6,9H2,(H,24,27). The van der Waals surface area contributed by atoms with Crippen molar-refractivity contribution in [3.05, 3.63) is 57.7 Å². The van der Waals surface area contributed by atoms with Gasteiger partial charge in [0.15, 0.2) is 11.3 Å². The van der Waals surface area contributed by atoms with Crippen molar-refractivity contribution in [3.8, 4) is 11.5 Å². The van der Waals surface area contributed by atoms with Crippen molar-refractivity contribution in [1.29, 1.82) is 0 Å². The Labute approximate surface area is 175 Å². The minimum Gasteiger partial charge on any atom is -0.450 e. The Morgan fingerprint density at radius 2 is 1.87 bits per heavy atom. The lowest BCUT2D eigenvalue weighted by Crippen LogP contribution is -2.30. The van der Waals surface area contributed by atoms with E-state index in [2.05, 4.69) is 10.3 Å². The minimum atomic E-state index is -0.374. The van der Waals surface area contributed by atoms with Crippen LogP contribution in [0.1, 0.15) is 19.3 Å². The van der Waals surface area contributed by atoms with Crippen molar-refractivity contribution in [2.24, 2.45) is 0 Å². The number of aromatic nitrogens is 1. The Balaban J connectivity index is 1.44. The number of imide groups is 1. The molecular formula is C21H16ClN3O5. The Morgan fingerprint density at radius 3 is 2.63 bits per heavy atom. The van der Waals surface area contributed by atoms with Gasteiger partial charge in [-0.05, 0) is 31.0 Å². The predicted molar refractivity (Wildman–Crippen MR) is 110 cm³/mol. The summed E-state index contributed by atoms with van der Waals surface area (Å²) in [6.45, 7) is 0.275. The zero-order chi connectivity index (χ0) is 21.3. The molecule has 4 rings (SSSR count). The molecular weight excluding hydrogens is 410 g/mol. The fourth-order valence-electron chi connectivity index (χ4n) is 3.17. The molecule has 0 bridgehead atoms. The number of anilines is 1. The number of benzene rings is 2. The fourth-order valence-corrected chi connectivity index (χ4v) is 3.33. The van der Waals surface area contributed by atoms with E-state index in [9.17, 15) is 19.2 Å². The van der Waals surface area contributed by atoms with Crippen LogP contribution in [0, 0.1) is 0 Å². The van der Waals surface area contributed by atoms with Crippen LogP contribution < -0.4 is 10.7 Å². The van der Waals surface area contributed by atoms with Gasteiger partial charge in [-0.3, -0.25) is 24.1 Å².